The molecular weight excluding hydrogens is 214 g/mol. The summed E-state index contributed by atoms with van der Waals surface area (Å²) in [5.74, 6) is 0.0706. The van der Waals surface area contributed by atoms with Crippen LogP contribution in [0.5, 0.6) is 0 Å². The van der Waals surface area contributed by atoms with E-state index >= 15 is 0 Å². The molecular formula is C13H15N3O. The average Bonchev–Trinajstić information content (AvgIpc) is 2.61. The zero-order valence-electron chi connectivity index (χ0n) is 10.2. The lowest BCUT2D eigenvalue weighted by Crippen LogP contribution is -2.02. The Bertz CT molecular complexity index is 538. The predicted molar refractivity (Wildman–Crippen MR) is 65.1 cm³/mol. The van der Waals surface area contributed by atoms with Gasteiger partial charge in [0.05, 0.1) is 5.69 Å². The number of carbonyl (C=O) groups is 1. The highest BCUT2D eigenvalue weighted by Gasteiger charge is 2.12. The predicted octanol–water partition coefficient (Wildman–Crippen LogP) is 2.21. The molecule has 88 valence electrons. The third kappa shape index (κ3) is 2.25. The molecule has 0 fully saturated rings. The summed E-state index contributed by atoms with van der Waals surface area (Å²) < 4.78 is 0. The number of H-pyrrole nitrogens is 1. The summed E-state index contributed by atoms with van der Waals surface area (Å²) in [7, 11) is 0. The van der Waals surface area contributed by atoms with Gasteiger partial charge in [0.2, 0.25) is 0 Å². The summed E-state index contributed by atoms with van der Waals surface area (Å²) in [4.78, 5) is 15.6. The van der Waals surface area contributed by atoms with E-state index in [1.807, 2.05) is 13.8 Å². The second-order valence-corrected chi connectivity index (χ2v) is 4.18. The number of nitrogens with one attached hydrogen (secondary N) is 1. The Balaban J connectivity index is 2.40. The number of Topliss-reactive ketones (excluding diaryl/α,β-unsaturated/α-hetero) is 1. The summed E-state index contributed by atoms with van der Waals surface area (Å²) in [6.07, 6.45) is 4.09. The monoisotopic (exact) mass is 229 g/mol. The van der Waals surface area contributed by atoms with E-state index in [0.717, 1.165) is 28.1 Å². The fraction of sp³-hybridized carbons (Fsp3) is 0.308. The van der Waals surface area contributed by atoms with Crippen molar-refractivity contribution in [2.45, 2.75) is 27.2 Å². The maximum atomic E-state index is 11.5. The number of aromatic amines is 1. The van der Waals surface area contributed by atoms with E-state index in [2.05, 4.69) is 15.2 Å². The zero-order valence-corrected chi connectivity index (χ0v) is 10.2. The third-order valence-electron chi connectivity index (χ3n) is 2.93. The number of aryl methyl sites for hydroxylation is 2. The van der Waals surface area contributed by atoms with Crippen LogP contribution in [0, 0.1) is 13.8 Å². The summed E-state index contributed by atoms with van der Waals surface area (Å²) in [5.41, 5.74) is 4.84. The molecule has 4 nitrogen and oxygen atoms in total. The van der Waals surface area contributed by atoms with Gasteiger partial charge in [0.15, 0.2) is 5.78 Å². The first-order chi connectivity index (χ1) is 8.09. The van der Waals surface area contributed by atoms with Gasteiger partial charge in [-0.3, -0.25) is 14.9 Å². The molecule has 2 heterocycles. The van der Waals surface area contributed by atoms with Crippen molar-refractivity contribution in [1.29, 1.82) is 0 Å². The van der Waals surface area contributed by atoms with Gasteiger partial charge in [0.25, 0.3) is 0 Å². The Morgan fingerprint density at radius 1 is 1.41 bits per heavy atom. The van der Waals surface area contributed by atoms with E-state index in [1.54, 1.807) is 25.4 Å². The first-order valence-corrected chi connectivity index (χ1v) is 5.54. The van der Waals surface area contributed by atoms with Crippen LogP contribution in [0.15, 0.2) is 18.5 Å². The lowest BCUT2D eigenvalue weighted by atomic mass is 9.99. The lowest BCUT2D eigenvalue weighted by molar-refractivity contribution is 0.101. The van der Waals surface area contributed by atoms with Crippen molar-refractivity contribution in [2.24, 2.45) is 0 Å². The Labute approximate surface area is 100 Å². The van der Waals surface area contributed by atoms with Gasteiger partial charge in [-0.1, -0.05) is 0 Å². The fourth-order valence-electron chi connectivity index (χ4n) is 1.94. The van der Waals surface area contributed by atoms with Crippen LogP contribution in [-0.4, -0.2) is 21.0 Å². The van der Waals surface area contributed by atoms with Gasteiger partial charge in [-0.05, 0) is 32.4 Å². The van der Waals surface area contributed by atoms with Crippen LogP contribution in [0.4, 0.5) is 0 Å². The molecule has 0 spiro atoms. The van der Waals surface area contributed by atoms with Crippen molar-refractivity contribution < 1.29 is 4.79 Å². The highest BCUT2D eigenvalue weighted by molar-refractivity contribution is 5.95. The van der Waals surface area contributed by atoms with Crippen LogP contribution >= 0.6 is 0 Å². The number of nitrogens with zero attached hydrogens (tertiary/aromatic N) is 2. The number of hydrogen-bond acceptors (Lipinski definition) is 3. The van der Waals surface area contributed by atoms with E-state index in [9.17, 15) is 4.79 Å². The minimum absolute atomic E-state index is 0.0706. The molecule has 0 aromatic carbocycles. The van der Waals surface area contributed by atoms with Crippen molar-refractivity contribution in [3.63, 3.8) is 0 Å². The van der Waals surface area contributed by atoms with E-state index in [0.29, 0.717) is 6.42 Å². The van der Waals surface area contributed by atoms with Crippen molar-refractivity contribution in [2.75, 3.05) is 0 Å². The second kappa shape index (κ2) is 4.49. The quantitative estimate of drug-likeness (QED) is 0.821. The van der Waals surface area contributed by atoms with Crippen LogP contribution < -0.4 is 0 Å². The average molecular weight is 229 g/mol. The molecule has 2 rings (SSSR count). The molecule has 0 saturated carbocycles. The minimum atomic E-state index is 0.0706. The SMILES string of the molecule is CC(=O)c1ccncc1Cc1c(C)n[nH]c1C. The molecule has 1 N–H and O–H groups in total. The van der Waals surface area contributed by atoms with E-state index in [1.165, 1.54) is 0 Å². The van der Waals surface area contributed by atoms with Gasteiger partial charge in [0, 0.05) is 35.6 Å². The van der Waals surface area contributed by atoms with Crippen LogP contribution in [0.25, 0.3) is 0 Å². The van der Waals surface area contributed by atoms with Crippen molar-refractivity contribution in [3.05, 3.63) is 46.5 Å². The second-order valence-electron chi connectivity index (χ2n) is 4.18. The Hall–Kier alpha value is -1.97. The van der Waals surface area contributed by atoms with Crippen molar-refractivity contribution >= 4 is 5.78 Å². The topological polar surface area (TPSA) is 58.6 Å². The van der Waals surface area contributed by atoms with Crippen LogP contribution in [0.1, 0.15) is 39.8 Å². The number of rotatable bonds is 3. The van der Waals surface area contributed by atoms with Gasteiger partial charge in [-0.15, -0.1) is 0 Å². The number of aromatic nitrogens is 3. The summed E-state index contributed by atoms with van der Waals surface area (Å²) in [5, 5.41) is 7.11. The maximum absolute atomic E-state index is 11.5. The lowest BCUT2D eigenvalue weighted by Gasteiger charge is -2.06. The fourth-order valence-corrected chi connectivity index (χ4v) is 1.94. The molecule has 0 bridgehead atoms. The highest BCUT2D eigenvalue weighted by Crippen LogP contribution is 2.18. The third-order valence-corrected chi connectivity index (χ3v) is 2.93. The summed E-state index contributed by atoms with van der Waals surface area (Å²) in [6, 6.07) is 1.77. The zero-order chi connectivity index (χ0) is 12.4. The standard InChI is InChI=1S/C13H15N3O/c1-8-13(9(2)16-15-8)6-11-7-14-5-4-12(11)10(3)17/h4-5,7H,6H2,1-3H3,(H,15,16). The van der Waals surface area contributed by atoms with Crippen LogP contribution in [-0.2, 0) is 6.42 Å². The molecule has 2 aromatic rings. The molecule has 0 aliphatic rings. The molecule has 0 amide bonds. The largest absolute Gasteiger partial charge is 0.294 e. The van der Waals surface area contributed by atoms with Crippen molar-refractivity contribution in [1.82, 2.24) is 15.2 Å². The maximum Gasteiger partial charge on any atom is 0.160 e. The van der Waals surface area contributed by atoms with Crippen LogP contribution in [0.3, 0.4) is 0 Å². The normalized spacial score (nSPS) is 10.5. The van der Waals surface area contributed by atoms with Crippen LogP contribution in [0.2, 0.25) is 0 Å². The number of ketones is 1. The number of carbonyl (C=O) groups excluding carboxylic acids is 1. The summed E-state index contributed by atoms with van der Waals surface area (Å²) >= 11 is 0. The molecule has 2 aromatic heterocycles. The first-order valence-electron chi connectivity index (χ1n) is 5.54. The van der Waals surface area contributed by atoms with E-state index < -0.39 is 0 Å². The highest BCUT2D eigenvalue weighted by atomic mass is 16.1. The van der Waals surface area contributed by atoms with Gasteiger partial charge < -0.3 is 0 Å². The molecule has 0 aliphatic carbocycles. The minimum Gasteiger partial charge on any atom is -0.294 e. The number of hydrogen-bond donors (Lipinski definition) is 1. The molecule has 0 unspecified atom stereocenters. The Morgan fingerprint density at radius 3 is 2.76 bits per heavy atom. The first kappa shape index (κ1) is 11.5. The molecule has 0 atom stereocenters. The van der Waals surface area contributed by atoms with Gasteiger partial charge in [-0.25, -0.2) is 0 Å². The van der Waals surface area contributed by atoms with E-state index in [-0.39, 0.29) is 5.78 Å². The Kier molecular flexibility index (Phi) is 3.04. The Morgan fingerprint density at radius 2 is 2.18 bits per heavy atom. The van der Waals surface area contributed by atoms with Gasteiger partial charge in [0.1, 0.15) is 0 Å². The molecule has 0 aliphatic heterocycles. The summed E-state index contributed by atoms with van der Waals surface area (Å²) in [6.45, 7) is 5.52. The smallest absolute Gasteiger partial charge is 0.160 e. The van der Waals surface area contributed by atoms with Gasteiger partial charge in [-0.2, -0.15) is 5.10 Å². The molecule has 0 radical (unpaired) electrons. The molecule has 17 heavy (non-hydrogen) atoms. The number of pyridine rings is 1. The van der Waals surface area contributed by atoms with Crippen molar-refractivity contribution in [3.8, 4) is 0 Å². The van der Waals surface area contributed by atoms with E-state index in [4.69, 9.17) is 0 Å². The molecule has 4 heteroatoms. The molecule has 0 saturated heterocycles. The van der Waals surface area contributed by atoms with Gasteiger partial charge >= 0.3 is 0 Å².